The lowest BCUT2D eigenvalue weighted by molar-refractivity contribution is 0.672. The molecule has 12 aromatic rings. The normalized spacial score (nSPS) is 11.4. The van der Waals surface area contributed by atoms with E-state index in [2.05, 4.69) is 265 Å². The molecule has 306 valence electrons. The van der Waals surface area contributed by atoms with Gasteiger partial charge in [0.05, 0.1) is 28.1 Å². The summed E-state index contributed by atoms with van der Waals surface area (Å²) in [6.45, 7) is 0. The Bertz CT molecular complexity index is 3650. The second kappa shape index (κ2) is 16.2. The molecular formula is C62H42N2O. The van der Waals surface area contributed by atoms with Gasteiger partial charge in [0.1, 0.15) is 11.2 Å². The van der Waals surface area contributed by atoms with Crippen molar-refractivity contribution in [3.05, 3.63) is 255 Å². The third-order valence-corrected chi connectivity index (χ3v) is 12.6. The third-order valence-electron chi connectivity index (χ3n) is 12.6. The van der Waals surface area contributed by atoms with Crippen molar-refractivity contribution in [3.63, 3.8) is 0 Å². The van der Waals surface area contributed by atoms with Crippen molar-refractivity contribution in [1.29, 1.82) is 0 Å². The fourth-order valence-corrected chi connectivity index (χ4v) is 9.67. The summed E-state index contributed by atoms with van der Waals surface area (Å²) in [4.78, 5) is 4.91. The summed E-state index contributed by atoms with van der Waals surface area (Å²) < 4.78 is 7.06. The highest BCUT2D eigenvalue weighted by Gasteiger charge is 2.30. The number of hydrogen-bond acceptors (Lipinski definition) is 3. The molecule has 3 heteroatoms. The molecule has 0 saturated heterocycles. The highest BCUT2D eigenvalue weighted by atomic mass is 16.3. The van der Waals surface area contributed by atoms with E-state index in [-0.39, 0.29) is 0 Å². The second-order valence-electron chi connectivity index (χ2n) is 16.4. The standard InChI is InChI=1S/C62H42N2O/c1-4-19-43(20-5-1)44-35-38-49(39-36-44)63(56-33-16-14-29-51(56)46-21-6-2-7-22-46)58-41-42-59-60(55-40-37-47-24-11-13-30-52(47)62(55)65-59)61(58)64(48-26-8-3-9-27-48)57-34-17-15-31-54(57)53-32-18-25-45-23-10-12-28-50(45)53/h1-42H. The van der Waals surface area contributed by atoms with Gasteiger partial charge in [-0.1, -0.05) is 200 Å². The molecule has 0 unspecified atom stereocenters. The van der Waals surface area contributed by atoms with Crippen LogP contribution in [0.2, 0.25) is 0 Å². The fourth-order valence-electron chi connectivity index (χ4n) is 9.67. The molecular weight excluding hydrogens is 789 g/mol. The molecule has 0 aliphatic carbocycles. The highest BCUT2D eigenvalue weighted by Crippen LogP contribution is 2.54. The Kier molecular flexibility index (Phi) is 9.50. The molecule has 0 aliphatic heterocycles. The molecule has 0 aliphatic rings. The molecule has 0 radical (unpaired) electrons. The molecule has 1 aromatic heterocycles. The minimum atomic E-state index is 0.814. The van der Waals surface area contributed by atoms with Crippen LogP contribution in [0.1, 0.15) is 0 Å². The van der Waals surface area contributed by atoms with Crippen molar-refractivity contribution >= 4 is 77.6 Å². The zero-order valence-electron chi connectivity index (χ0n) is 35.6. The summed E-state index contributed by atoms with van der Waals surface area (Å²) >= 11 is 0. The number of rotatable bonds is 9. The third kappa shape index (κ3) is 6.70. The lowest BCUT2D eigenvalue weighted by Gasteiger charge is -2.35. The maximum Gasteiger partial charge on any atom is 0.143 e. The number of hydrogen-bond donors (Lipinski definition) is 0. The van der Waals surface area contributed by atoms with Crippen molar-refractivity contribution < 1.29 is 4.42 Å². The first-order valence-electron chi connectivity index (χ1n) is 22.2. The van der Waals surface area contributed by atoms with Crippen LogP contribution in [0.4, 0.5) is 34.1 Å². The van der Waals surface area contributed by atoms with Crippen molar-refractivity contribution in [3.8, 4) is 33.4 Å². The van der Waals surface area contributed by atoms with Gasteiger partial charge < -0.3 is 14.2 Å². The summed E-state index contributed by atoms with van der Waals surface area (Å²) in [5.41, 5.74) is 14.7. The molecule has 1 heterocycles. The van der Waals surface area contributed by atoms with Crippen LogP contribution >= 0.6 is 0 Å². The van der Waals surface area contributed by atoms with Crippen LogP contribution in [-0.4, -0.2) is 0 Å². The number of furan rings is 1. The highest BCUT2D eigenvalue weighted by molar-refractivity contribution is 6.22. The summed E-state index contributed by atoms with van der Waals surface area (Å²) in [5.74, 6) is 0. The van der Waals surface area contributed by atoms with Gasteiger partial charge in [0.2, 0.25) is 0 Å². The van der Waals surface area contributed by atoms with Crippen LogP contribution in [0.3, 0.4) is 0 Å². The predicted molar refractivity (Wildman–Crippen MR) is 274 cm³/mol. The summed E-state index contributed by atoms with van der Waals surface area (Å²) in [7, 11) is 0. The lowest BCUT2D eigenvalue weighted by atomic mass is 9.95. The molecule has 65 heavy (non-hydrogen) atoms. The van der Waals surface area contributed by atoms with Crippen LogP contribution < -0.4 is 9.80 Å². The average Bonchev–Trinajstić information content (AvgIpc) is 3.78. The topological polar surface area (TPSA) is 19.6 Å². The Morgan fingerprint density at radius 3 is 1.54 bits per heavy atom. The molecule has 12 rings (SSSR count). The molecule has 0 fully saturated rings. The van der Waals surface area contributed by atoms with E-state index in [1.54, 1.807) is 0 Å². The minimum absolute atomic E-state index is 0.814. The quantitative estimate of drug-likeness (QED) is 0.144. The van der Waals surface area contributed by atoms with E-state index in [9.17, 15) is 0 Å². The monoisotopic (exact) mass is 830 g/mol. The van der Waals surface area contributed by atoms with E-state index in [1.807, 2.05) is 0 Å². The van der Waals surface area contributed by atoms with Gasteiger partial charge in [0.25, 0.3) is 0 Å². The van der Waals surface area contributed by atoms with E-state index in [1.165, 1.54) is 21.9 Å². The fraction of sp³-hybridized carbons (Fsp3) is 0. The van der Waals surface area contributed by atoms with Gasteiger partial charge >= 0.3 is 0 Å². The van der Waals surface area contributed by atoms with Crippen LogP contribution in [0.5, 0.6) is 0 Å². The molecule has 0 N–H and O–H groups in total. The molecule has 0 amide bonds. The first kappa shape index (κ1) is 38.0. The van der Waals surface area contributed by atoms with E-state index >= 15 is 0 Å². The zero-order valence-corrected chi connectivity index (χ0v) is 35.6. The van der Waals surface area contributed by atoms with Crippen molar-refractivity contribution in [2.75, 3.05) is 9.80 Å². The van der Waals surface area contributed by atoms with Crippen LogP contribution in [0.25, 0.3) is 76.9 Å². The van der Waals surface area contributed by atoms with Crippen molar-refractivity contribution in [2.45, 2.75) is 0 Å². The van der Waals surface area contributed by atoms with E-state index in [4.69, 9.17) is 4.42 Å². The van der Waals surface area contributed by atoms with Gasteiger partial charge in [0, 0.05) is 33.3 Å². The molecule has 0 spiro atoms. The Hall–Kier alpha value is -8.66. The largest absolute Gasteiger partial charge is 0.455 e. The number of nitrogens with zero attached hydrogens (tertiary/aromatic N) is 2. The maximum absolute atomic E-state index is 7.06. The van der Waals surface area contributed by atoms with Crippen LogP contribution in [0, 0.1) is 0 Å². The zero-order chi connectivity index (χ0) is 43.1. The minimum Gasteiger partial charge on any atom is -0.455 e. The number of anilines is 6. The van der Waals surface area contributed by atoms with E-state index in [0.717, 1.165) is 89.1 Å². The average molecular weight is 831 g/mol. The summed E-state index contributed by atoms with van der Waals surface area (Å²) in [6.07, 6.45) is 0. The molecule has 0 bridgehead atoms. The number of benzene rings is 11. The van der Waals surface area contributed by atoms with Gasteiger partial charge in [-0.15, -0.1) is 0 Å². The Labute approximate surface area is 378 Å². The van der Waals surface area contributed by atoms with Gasteiger partial charge in [-0.05, 0) is 93.0 Å². The lowest BCUT2D eigenvalue weighted by Crippen LogP contribution is -2.18. The first-order chi connectivity index (χ1) is 32.3. The van der Waals surface area contributed by atoms with Crippen molar-refractivity contribution in [2.24, 2.45) is 0 Å². The molecule has 3 nitrogen and oxygen atoms in total. The molecule has 0 atom stereocenters. The Morgan fingerprint density at radius 1 is 0.277 bits per heavy atom. The number of para-hydroxylation sites is 3. The van der Waals surface area contributed by atoms with Crippen LogP contribution in [-0.2, 0) is 0 Å². The van der Waals surface area contributed by atoms with Crippen molar-refractivity contribution in [1.82, 2.24) is 0 Å². The van der Waals surface area contributed by atoms with Crippen LogP contribution in [0.15, 0.2) is 259 Å². The van der Waals surface area contributed by atoms with Gasteiger partial charge in [0.15, 0.2) is 0 Å². The number of fused-ring (bicyclic) bond motifs is 6. The second-order valence-corrected chi connectivity index (χ2v) is 16.4. The maximum atomic E-state index is 7.06. The predicted octanol–water partition coefficient (Wildman–Crippen LogP) is 17.8. The smallest absolute Gasteiger partial charge is 0.143 e. The molecule has 11 aromatic carbocycles. The summed E-state index contributed by atoms with van der Waals surface area (Å²) in [5, 5.41) is 6.70. The SMILES string of the molecule is c1ccc(-c2ccc(N(c3ccccc3-c3ccccc3)c3ccc4oc5c6ccccc6ccc5c4c3N(c3ccccc3)c3ccccc3-c3cccc4ccccc34)cc2)cc1. The first-order valence-corrected chi connectivity index (χ1v) is 22.2. The van der Waals surface area contributed by atoms with Gasteiger partial charge in [-0.3, -0.25) is 0 Å². The van der Waals surface area contributed by atoms with E-state index < -0.39 is 0 Å². The summed E-state index contributed by atoms with van der Waals surface area (Å²) in [6, 6.07) is 91.4. The van der Waals surface area contributed by atoms with E-state index in [0.29, 0.717) is 0 Å². The Morgan fingerprint density at radius 2 is 0.800 bits per heavy atom. The molecule has 0 saturated carbocycles. The Balaban J connectivity index is 1.22. The van der Waals surface area contributed by atoms with Gasteiger partial charge in [-0.25, -0.2) is 0 Å². The van der Waals surface area contributed by atoms with Gasteiger partial charge in [-0.2, -0.15) is 0 Å².